The first-order chi connectivity index (χ1) is 16.2. The van der Waals surface area contributed by atoms with Crippen LogP contribution in [-0.4, -0.2) is 66.1 Å². The number of rotatable bonds is 7. The summed E-state index contributed by atoms with van der Waals surface area (Å²) < 4.78 is 5.10. The SMILES string of the molecule is CCCN(C(=O)N(CCC(C)(C)C)C(=NC(=O)OCC)c1ccccc1)C1(C#N)CCNCC1. The molecule has 1 N–H and O–H groups in total. The molecule has 0 bridgehead atoms. The number of carbonyl (C=O) groups is 2. The Labute approximate surface area is 204 Å². The van der Waals surface area contributed by atoms with Gasteiger partial charge in [0.15, 0.2) is 5.84 Å². The lowest BCUT2D eigenvalue weighted by atomic mass is 9.87. The maximum atomic E-state index is 14.2. The molecule has 0 aliphatic carbocycles. The number of piperidine rings is 1. The van der Waals surface area contributed by atoms with Crippen molar-refractivity contribution in [2.75, 3.05) is 32.8 Å². The highest BCUT2D eigenvalue weighted by molar-refractivity contribution is 6.10. The molecular formula is C26H39N5O3. The van der Waals surface area contributed by atoms with Crippen LogP contribution in [-0.2, 0) is 4.74 Å². The first-order valence-corrected chi connectivity index (χ1v) is 12.2. The number of benzene rings is 1. The molecule has 186 valence electrons. The van der Waals surface area contributed by atoms with Crippen LogP contribution in [0.5, 0.6) is 0 Å². The van der Waals surface area contributed by atoms with Crippen LogP contribution in [0.1, 0.15) is 65.9 Å². The van der Waals surface area contributed by atoms with Gasteiger partial charge >= 0.3 is 12.1 Å². The largest absolute Gasteiger partial charge is 0.448 e. The average Bonchev–Trinajstić information content (AvgIpc) is 2.82. The molecule has 1 aliphatic rings. The fourth-order valence-corrected chi connectivity index (χ4v) is 3.99. The molecule has 1 aromatic carbocycles. The Morgan fingerprint density at radius 2 is 1.79 bits per heavy atom. The summed E-state index contributed by atoms with van der Waals surface area (Å²) in [6.45, 7) is 12.4. The van der Waals surface area contributed by atoms with E-state index in [0.29, 0.717) is 57.4 Å². The minimum atomic E-state index is -0.899. The maximum absolute atomic E-state index is 14.2. The second-order valence-electron chi connectivity index (χ2n) is 9.79. The zero-order valence-corrected chi connectivity index (χ0v) is 21.3. The number of urea groups is 1. The second kappa shape index (κ2) is 12.5. The molecule has 1 aromatic rings. The van der Waals surface area contributed by atoms with E-state index >= 15 is 0 Å². The second-order valence-corrected chi connectivity index (χ2v) is 9.79. The van der Waals surface area contributed by atoms with E-state index in [0.717, 1.165) is 0 Å². The minimum Gasteiger partial charge on any atom is -0.448 e. The van der Waals surface area contributed by atoms with Crippen LogP contribution >= 0.6 is 0 Å². The van der Waals surface area contributed by atoms with E-state index in [4.69, 9.17) is 4.74 Å². The van der Waals surface area contributed by atoms with Crippen molar-refractivity contribution in [2.45, 2.75) is 65.8 Å². The molecule has 3 amide bonds. The number of amides is 3. The summed E-state index contributed by atoms with van der Waals surface area (Å²) in [5, 5.41) is 13.5. The van der Waals surface area contributed by atoms with E-state index in [2.05, 4.69) is 37.1 Å². The Morgan fingerprint density at radius 1 is 1.15 bits per heavy atom. The summed E-state index contributed by atoms with van der Waals surface area (Å²) in [5.41, 5.74) is -0.309. The number of hydrogen-bond acceptors (Lipinski definition) is 5. The van der Waals surface area contributed by atoms with Crippen LogP contribution in [0.15, 0.2) is 35.3 Å². The summed E-state index contributed by atoms with van der Waals surface area (Å²) in [5.74, 6) is 0.247. The van der Waals surface area contributed by atoms with Crippen molar-refractivity contribution >= 4 is 18.0 Å². The fraction of sp³-hybridized carbons (Fsp3) is 0.615. The van der Waals surface area contributed by atoms with Crippen molar-refractivity contribution in [2.24, 2.45) is 10.4 Å². The lowest BCUT2D eigenvalue weighted by Gasteiger charge is -2.44. The van der Waals surface area contributed by atoms with E-state index < -0.39 is 11.6 Å². The van der Waals surface area contributed by atoms with Gasteiger partial charge in [0.05, 0.1) is 12.7 Å². The van der Waals surface area contributed by atoms with Gasteiger partial charge in [0, 0.05) is 18.7 Å². The van der Waals surface area contributed by atoms with Gasteiger partial charge in [-0.05, 0) is 51.1 Å². The monoisotopic (exact) mass is 469 g/mol. The molecule has 0 aromatic heterocycles. The predicted octanol–water partition coefficient (Wildman–Crippen LogP) is 4.81. The van der Waals surface area contributed by atoms with Crippen molar-refractivity contribution in [3.8, 4) is 6.07 Å². The van der Waals surface area contributed by atoms with Crippen LogP contribution in [0.25, 0.3) is 0 Å². The van der Waals surface area contributed by atoms with Crippen LogP contribution in [0.3, 0.4) is 0 Å². The number of nitriles is 1. The molecular weight excluding hydrogens is 430 g/mol. The third-order valence-corrected chi connectivity index (χ3v) is 5.90. The van der Waals surface area contributed by atoms with E-state index in [9.17, 15) is 14.9 Å². The highest BCUT2D eigenvalue weighted by Crippen LogP contribution is 2.29. The molecule has 0 saturated carbocycles. The number of nitrogens with one attached hydrogen (secondary N) is 1. The Morgan fingerprint density at radius 3 is 2.32 bits per heavy atom. The number of amidine groups is 1. The van der Waals surface area contributed by atoms with Crippen LogP contribution in [0, 0.1) is 16.7 Å². The quantitative estimate of drug-likeness (QED) is 0.457. The smallest absolute Gasteiger partial charge is 0.435 e. The number of ether oxygens (including phenoxy) is 1. The molecule has 0 spiro atoms. The van der Waals surface area contributed by atoms with Crippen molar-refractivity contribution < 1.29 is 14.3 Å². The topological polar surface area (TPSA) is 98.0 Å². The fourth-order valence-electron chi connectivity index (χ4n) is 3.99. The lowest BCUT2D eigenvalue weighted by molar-refractivity contribution is 0.104. The zero-order chi connectivity index (χ0) is 25.2. The molecule has 1 fully saturated rings. The van der Waals surface area contributed by atoms with Crippen molar-refractivity contribution in [3.05, 3.63) is 35.9 Å². The van der Waals surface area contributed by atoms with Gasteiger partial charge in [-0.3, -0.25) is 4.90 Å². The summed E-state index contributed by atoms with van der Waals surface area (Å²) >= 11 is 0. The van der Waals surface area contributed by atoms with E-state index in [1.165, 1.54) is 0 Å². The molecule has 2 rings (SSSR count). The van der Waals surface area contributed by atoms with Crippen LogP contribution in [0.2, 0.25) is 0 Å². The predicted molar refractivity (Wildman–Crippen MR) is 134 cm³/mol. The molecule has 0 radical (unpaired) electrons. The highest BCUT2D eigenvalue weighted by Gasteiger charge is 2.43. The van der Waals surface area contributed by atoms with Crippen LogP contribution in [0.4, 0.5) is 9.59 Å². The maximum Gasteiger partial charge on any atom is 0.435 e. The third-order valence-electron chi connectivity index (χ3n) is 5.90. The van der Waals surface area contributed by atoms with Gasteiger partial charge in [0.25, 0.3) is 0 Å². The van der Waals surface area contributed by atoms with Crippen molar-refractivity contribution in [1.82, 2.24) is 15.1 Å². The van der Waals surface area contributed by atoms with Gasteiger partial charge in [0.2, 0.25) is 0 Å². The lowest BCUT2D eigenvalue weighted by Crippen LogP contribution is -2.60. The Hall–Kier alpha value is -2.92. The van der Waals surface area contributed by atoms with Crippen molar-refractivity contribution in [3.63, 3.8) is 0 Å². The summed E-state index contributed by atoms with van der Waals surface area (Å²) in [6, 6.07) is 11.4. The standard InChI is InChI=1S/C26H39N5O3/c1-6-18-31(26(20-27)13-16-28-17-14-26)24(33)30(19-15-25(3,4)5)22(29-23(32)34-7-2)21-11-9-8-10-12-21/h8-12,28H,6-7,13-19H2,1-5H3. The number of hydrogen-bond donors (Lipinski definition) is 1. The summed E-state index contributed by atoms with van der Waals surface area (Å²) in [7, 11) is 0. The van der Waals surface area contributed by atoms with Gasteiger partial charge in [-0.2, -0.15) is 10.3 Å². The Bertz CT molecular complexity index is 880. The zero-order valence-electron chi connectivity index (χ0n) is 21.3. The molecule has 34 heavy (non-hydrogen) atoms. The molecule has 1 aliphatic heterocycles. The molecule has 1 heterocycles. The normalized spacial score (nSPS) is 15.8. The first-order valence-electron chi connectivity index (χ1n) is 12.2. The summed E-state index contributed by atoms with van der Waals surface area (Å²) in [4.78, 5) is 34.2. The third kappa shape index (κ3) is 7.29. The molecule has 0 unspecified atom stereocenters. The molecule has 0 atom stereocenters. The average molecular weight is 470 g/mol. The summed E-state index contributed by atoms with van der Waals surface area (Å²) in [6.07, 6.45) is 1.77. The number of nitrogens with zero attached hydrogens (tertiary/aromatic N) is 4. The number of carbonyl (C=O) groups excluding carboxylic acids is 2. The van der Waals surface area contributed by atoms with E-state index in [-0.39, 0.29) is 23.9 Å². The number of aliphatic imine (C=N–C) groups is 1. The van der Waals surface area contributed by atoms with Gasteiger partial charge in [-0.1, -0.05) is 58.0 Å². The van der Waals surface area contributed by atoms with Crippen molar-refractivity contribution in [1.29, 1.82) is 5.26 Å². The minimum absolute atomic E-state index is 0.0541. The highest BCUT2D eigenvalue weighted by atomic mass is 16.5. The van der Waals surface area contributed by atoms with Gasteiger partial charge in [-0.25, -0.2) is 9.59 Å². The molecule has 8 nitrogen and oxygen atoms in total. The Balaban J connectivity index is 2.60. The van der Waals surface area contributed by atoms with E-state index in [1.807, 2.05) is 37.3 Å². The van der Waals surface area contributed by atoms with E-state index in [1.54, 1.807) is 16.7 Å². The van der Waals surface area contributed by atoms with Crippen LogP contribution < -0.4 is 5.32 Å². The van der Waals surface area contributed by atoms with Gasteiger partial charge in [0.1, 0.15) is 5.54 Å². The first kappa shape index (κ1) is 27.3. The Kier molecular flexibility index (Phi) is 10.1. The molecule has 1 saturated heterocycles. The van der Waals surface area contributed by atoms with Gasteiger partial charge in [-0.15, -0.1) is 0 Å². The molecule has 8 heteroatoms. The van der Waals surface area contributed by atoms with Gasteiger partial charge < -0.3 is 15.0 Å².